The second-order valence-corrected chi connectivity index (χ2v) is 7.74. The highest BCUT2D eigenvalue weighted by Gasteiger charge is 2.32. The van der Waals surface area contributed by atoms with E-state index in [1.165, 1.54) is 23.4 Å². The molecule has 1 aliphatic rings. The third-order valence-corrected chi connectivity index (χ3v) is 5.18. The molecule has 0 saturated heterocycles. The molecule has 1 saturated carbocycles. The number of anilines is 1. The van der Waals surface area contributed by atoms with Gasteiger partial charge in [-0.25, -0.2) is 9.67 Å². The van der Waals surface area contributed by atoms with E-state index in [1.54, 1.807) is 0 Å². The number of halogens is 3. The van der Waals surface area contributed by atoms with E-state index >= 15 is 0 Å². The fourth-order valence-electron chi connectivity index (χ4n) is 3.40. The lowest BCUT2D eigenvalue weighted by Gasteiger charge is -2.22. The molecule has 0 bridgehead atoms. The fourth-order valence-corrected chi connectivity index (χ4v) is 3.40. The summed E-state index contributed by atoms with van der Waals surface area (Å²) in [6.07, 6.45) is 0.136. The van der Waals surface area contributed by atoms with Gasteiger partial charge in [0.05, 0.1) is 23.5 Å². The van der Waals surface area contributed by atoms with E-state index in [9.17, 15) is 18.0 Å². The molecular formula is C22H22F3N5O. The van der Waals surface area contributed by atoms with Crippen LogP contribution in [-0.2, 0) is 17.5 Å². The Kier molecular flexibility index (Phi) is 5.77. The summed E-state index contributed by atoms with van der Waals surface area (Å²) in [5.74, 6) is -0.375. The summed E-state index contributed by atoms with van der Waals surface area (Å²) >= 11 is 0. The van der Waals surface area contributed by atoms with E-state index in [-0.39, 0.29) is 18.1 Å². The van der Waals surface area contributed by atoms with Crippen LogP contribution in [0.3, 0.4) is 0 Å². The average molecular weight is 429 g/mol. The molecule has 6 nitrogen and oxygen atoms in total. The molecule has 31 heavy (non-hydrogen) atoms. The molecule has 1 fully saturated rings. The predicted molar refractivity (Wildman–Crippen MR) is 110 cm³/mol. The number of alkyl halides is 3. The molecule has 4 rings (SSSR count). The van der Waals surface area contributed by atoms with Crippen molar-refractivity contribution in [1.82, 2.24) is 19.7 Å². The largest absolute Gasteiger partial charge is 0.416 e. The lowest BCUT2D eigenvalue weighted by molar-refractivity contribution is -0.137. The van der Waals surface area contributed by atoms with Crippen molar-refractivity contribution in [2.45, 2.75) is 38.5 Å². The number of amides is 1. The third kappa shape index (κ3) is 5.29. The van der Waals surface area contributed by atoms with Crippen LogP contribution in [0.15, 0.2) is 55.1 Å². The zero-order valence-electron chi connectivity index (χ0n) is 16.9. The van der Waals surface area contributed by atoms with Crippen molar-refractivity contribution in [3.8, 4) is 5.69 Å². The molecule has 1 aliphatic carbocycles. The summed E-state index contributed by atoms with van der Waals surface area (Å²) in [4.78, 5) is 18.7. The maximum atomic E-state index is 13.2. The number of nitrogens with one attached hydrogen (secondary N) is 1. The van der Waals surface area contributed by atoms with Gasteiger partial charge in [0.1, 0.15) is 12.7 Å². The Balaban J connectivity index is 1.53. The summed E-state index contributed by atoms with van der Waals surface area (Å²) in [6, 6.07) is 11.6. The highest BCUT2D eigenvalue weighted by Crippen LogP contribution is 2.33. The number of aromatic nitrogens is 3. The molecule has 0 unspecified atom stereocenters. The van der Waals surface area contributed by atoms with Gasteiger partial charge in [0.25, 0.3) is 0 Å². The summed E-state index contributed by atoms with van der Waals surface area (Å²) in [7, 11) is 0. The molecule has 162 valence electrons. The number of rotatable bonds is 7. The van der Waals surface area contributed by atoms with E-state index < -0.39 is 11.7 Å². The zero-order chi connectivity index (χ0) is 22.0. The first-order chi connectivity index (χ1) is 14.8. The van der Waals surface area contributed by atoms with Crippen molar-refractivity contribution in [3.63, 3.8) is 0 Å². The van der Waals surface area contributed by atoms with Crippen LogP contribution in [0.25, 0.3) is 5.69 Å². The number of benzene rings is 2. The standard InChI is InChI=1S/C22H22F3N5O/c1-15-2-4-16(5-3-15)11-29(18-7-8-18)12-21(31)28-19-10-17(22(23,24)25)6-9-20(19)30-14-26-13-27-30/h2-6,9-10,13-14,18H,7-8,11-12H2,1H3,(H,28,31). The van der Waals surface area contributed by atoms with Crippen molar-refractivity contribution >= 4 is 11.6 Å². The number of carbonyl (C=O) groups excluding carboxylic acids is 1. The Bertz CT molecular complexity index is 1040. The lowest BCUT2D eigenvalue weighted by Crippen LogP contribution is -2.34. The van der Waals surface area contributed by atoms with Crippen LogP contribution in [-0.4, -0.2) is 38.2 Å². The first kappa shape index (κ1) is 21.0. The summed E-state index contributed by atoms with van der Waals surface area (Å²) < 4.78 is 41.0. The monoisotopic (exact) mass is 429 g/mol. The molecule has 0 radical (unpaired) electrons. The van der Waals surface area contributed by atoms with Gasteiger partial charge in [0.15, 0.2) is 0 Å². The van der Waals surface area contributed by atoms with Crippen LogP contribution in [0.1, 0.15) is 29.5 Å². The Morgan fingerprint density at radius 3 is 2.55 bits per heavy atom. The number of hydrogen-bond acceptors (Lipinski definition) is 4. The molecule has 2 aromatic carbocycles. The topological polar surface area (TPSA) is 63.1 Å². The number of aryl methyl sites for hydroxylation is 1. The normalized spacial score (nSPS) is 14.1. The molecule has 1 heterocycles. The summed E-state index contributed by atoms with van der Waals surface area (Å²) in [5.41, 5.74) is 1.76. The van der Waals surface area contributed by atoms with Gasteiger partial charge in [-0.05, 0) is 43.5 Å². The number of nitrogens with zero attached hydrogens (tertiary/aromatic N) is 4. The minimum absolute atomic E-state index is 0.0383. The van der Waals surface area contributed by atoms with Gasteiger partial charge in [0, 0.05) is 12.6 Å². The summed E-state index contributed by atoms with van der Waals surface area (Å²) in [5, 5.41) is 6.62. The van der Waals surface area contributed by atoms with Crippen LogP contribution in [0.5, 0.6) is 0 Å². The Labute approximate surface area is 177 Å². The molecule has 1 N–H and O–H groups in total. The number of hydrogen-bond donors (Lipinski definition) is 1. The van der Waals surface area contributed by atoms with Crippen LogP contribution >= 0.6 is 0 Å². The molecule has 0 spiro atoms. The van der Waals surface area contributed by atoms with E-state index in [1.807, 2.05) is 31.2 Å². The quantitative estimate of drug-likeness (QED) is 0.612. The van der Waals surface area contributed by atoms with Crippen LogP contribution in [0.2, 0.25) is 0 Å². The molecule has 9 heteroatoms. The molecule has 3 aromatic rings. The van der Waals surface area contributed by atoms with Crippen molar-refractivity contribution in [2.24, 2.45) is 0 Å². The lowest BCUT2D eigenvalue weighted by atomic mass is 10.1. The smallest absolute Gasteiger partial charge is 0.323 e. The van der Waals surface area contributed by atoms with Crippen molar-refractivity contribution in [2.75, 3.05) is 11.9 Å². The first-order valence-corrected chi connectivity index (χ1v) is 9.95. The van der Waals surface area contributed by atoms with Gasteiger partial charge in [-0.2, -0.15) is 18.3 Å². The molecular weight excluding hydrogens is 407 g/mol. The maximum absolute atomic E-state index is 13.2. The molecule has 1 amide bonds. The second kappa shape index (κ2) is 8.50. The van der Waals surface area contributed by atoms with Crippen molar-refractivity contribution < 1.29 is 18.0 Å². The fraction of sp³-hybridized carbons (Fsp3) is 0.318. The van der Waals surface area contributed by atoms with E-state index in [0.717, 1.165) is 36.1 Å². The van der Waals surface area contributed by atoms with Gasteiger partial charge in [-0.3, -0.25) is 9.69 Å². The van der Waals surface area contributed by atoms with Gasteiger partial charge >= 0.3 is 6.18 Å². The summed E-state index contributed by atoms with van der Waals surface area (Å²) in [6.45, 7) is 2.71. The maximum Gasteiger partial charge on any atom is 0.416 e. The van der Waals surface area contributed by atoms with Gasteiger partial charge < -0.3 is 5.32 Å². The van der Waals surface area contributed by atoms with Gasteiger partial charge in [-0.1, -0.05) is 29.8 Å². The van der Waals surface area contributed by atoms with Gasteiger partial charge in [0.2, 0.25) is 5.91 Å². The molecule has 0 aliphatic heterocycles. The van der Waals surface area contributed by atoms with E-state index in [4.69, 9.17) is 0 Å². The zero-order valence-corrected chi connectivity index (χ0v) is 16.9. The second-order valence-electron chi connectivity index (χ2n) is 7.74. The Morgan fingerprint density at radius 1 is 1.19 bits per heavy atom. The van der Waals surface area contributed by atoms with Crippen molar-refractivity contribution in [1.29, 1.82) is 0 Å². The van der Waals surface area contributed by atoms with E-state index in [0.29, 0.717) is 18.3 Å². The van der Waals surface area contributed by atoms with E-state index in [2.05, 4.69) is 20.3 Å². The molecule has 1 aromatic heterocycles. The van der Waals surface area contributed by atoms with Crippen LogP contribution in [0.4, 0.5) is 18.9 Å². The Hall–Kier alpha value is -3.20. The van der Waals surface area contributed by atoms with Crippen molar-refractivity contribution in [3.05, 3.63) is 71.8 Å². The third-order valence-electron chi connectivity index (χ3n) is 5.18. The minimum atomic E-state index is -4.52. The van der Waals surface area contributed by atoms with Crippen LogP contribution in [0, 0.1) is 6.92 Å². The minimum Gasteiger partial charge on any atom is -0.323 e. The van der Waals surface area contributed by atoms with Crippen LogP contribution < -0.4 is 5.32 Å². The SMILES string of the molecule is Cc1ccc(CN(CC(=O)Nc2cc(C(F)(F)F)ccc2-n2cncn2)C2CC2)cc1. The average Bonchev–Trinajstić information content (AvgIpc) is 3.43. The molecule has 0 atom stereocenters. The highest BCUT2D eigenvalue weighted by molar-refractivity contribution is 5.94. The Morgan fingerprint density at radius 2 is 1.94 bits per heavy atom. The van der Waals surface area contributed by atoms with Gasteiger partial charge in [-0.15, -0.1) is 0 Å². The predicted octanol–water partition coefficient (Wildman–Crippen LogP) is 4.20. The first-order valence-electron chi connectivity index (χ1n) is 9.95. The highest BCUT2D eigenvalue weighted by atomic mass is 19.4. The number of carbonyl (C=O) groups is 1.